The summed E-state index contributed by atoms with van der Waals surface area (Å²) in [5, 5.41) is 3.49. The number of ether oxygens (including phenoxy) is 1. The molecular weight excluding hydrogens is 200 g/mol. The van der Waals surface area contributed by atoms with Gasteiger partial charge in [0.25, 0.3) is 0 Å². The Morgan fingerprint density at radius 2 is 2.12 bits per heavy atom. The molecule has 0 saturated carbocycles. The van der Waals surface area contributed by atoms with E-state index >= 15 is 0 Å². The van der Waals surface area contributed by atoms with E-state index < -0.39 is 0 Å². The average molecular weight is 228 g/mol. The summed E-state index contributed by atoms with van der Waals surface area (Å²) in [5.41, 5.74) is -0.00590. The fourth-order valence-corrected chi connectivity index (χ4v) is 2.10. The highest BCUT2D eigenvalue weighted by atomic mass is 16.5. The number of likely N-dealkylation sites (tertiary alicyclic amines) is 1. The number of nitrogens with one attached hydrogen (secondary N) is 1. The first-order valence-electron chi connectivity index (χ1n) is 6.58. The van der Waals surface area contributed by atoms with Gasteiger partial charge in [0.15, 0.2) is 0 Å². The van der Waals surface area contributed by atoms with E-state index in [2.05, 4.69) is 37.9 Å². The fraction of sp³-hybridized carbons (Fsp3) is 1.00. The van der Waals surface area contributed by atoms with E-state index in [1.54, 1.807) is 0 Å². The second kappa shape index (κ2) is 6.58. The Bertz CT molecular complexity index is 189. The molecule has 0 aromatic heterocycles. The van der Waals surface area contributed by atoms with Crippen LogP contribution in [0, 0.1) is 5.92 Å². The van der Waals surface area contributed by atoms with Crippen LogP contribution in [0.5, 0.6) is 0 Å². The summed E-state index contributed by atoms with van der Waals surface area (Å²) in [5.74, 6) is 0.842. The topological polar surface area (TPSA) is 24.5 Å². The van der Waals surface area contributed by atoms with Crippen molar-refractivity contribution in [3.63, 3.8) is 0 Å². The van der Waals surface area contributed by atoms with Crippen molar-refractivity contribution in [1.29, 1.82) is 0 Å². The van der Waals surface area contributed by atoms with Gasteiger partial charge < -0.3 is 15.0 Å². The molecule has 1 rings (SSSR count). The normalized spacial score (nSPS) is 22.9. The van der Waals surface area contributed by atoms with Gasteiger partial charge in [-0.15, -0.1) is 0 Å². The highest BCUT2D eigenvalue weighted by Gasteiger charge is 2.20. The number of rotatable bonds is 6. The van der Waals surface area contributed by atoms with Gasteiger partial charge in [0.1, 0.15) is 0 Å². The van der Waals surface area contributed by atoms with E-state index in [9.17, 15) is 0 Å². The van der Waals surface area contributed by atoms with Crippen molar-refractivity contribution in [2.45, 2.75) is 39.7 Å². The molecular formula is C13H28N2O. The Morgan fingerprint density at radius 3 is 2.69 bits per heavy atom. The van der Waals surface area contributed by atoms with E-state index in [1.165, 1.54) is 26.1 Å². The molecule has 1 unspecified atom stereocenters. The van der Waals surface area contributed by atoms with E-state index in [1.807, 2.05) is 0 Å². The smallest absolute Gasteiger partial charge is 0.0599 e. The molecule has 0 amide bonds. The maximum absolute atomic E-state index is 5.66. The predicted molar refractivity (Wildman–Crippen MR) is 68.8 cm³/mol. The van der Waals surface area contributed by atoms with Gasteiger partial charge in [0, 0.05) is 13.1 Å². The highest BCUT2D eigenvalue weighted by Crippen LogP contribution is 2.14. The van der Waals surface area contributed by atoms with Crippen molar-refractivity contribution in [3.8, 4) is 0 Å². The molecule has 0 bridgehead atoms. The molecule has 1 heterocycles. The number of hydrogen-bond donors (Lipinski definition) is 1. The summed E-state index contributed by atoms with van der Waals surface area (Å²) < 4.78 is 5.66. The largest absolute Gasteiger partial charge is 0.375 e. The molecule has 0 spiro atoms. The minimum Gasteiger partial charge on any atom is -0.375 e. The van der Waals surface area contributed by atoms with Crippen LogP contribution in [-0.2, 0) is 4.74 Å². The Labute approximate surface area is 101 Å². The molecule has 0 aliphatic carbocycles. The van der Waals surface area contributed by atoms with Crippen LogP contribution in [-0.4, -0.2) is 49.8 Å². The Kier molecular flexibility index (Phi) is 5.73. The van der Waals surface area contributed by atoms with Gasteiger partial charge in [-0.2, -0.15) is 0 Å². The first-order chi connectivity index (χ1) is 7.51. The van der Waals surface area contributed by atoms with Gasteiger partial charge in [0.05, 0.1) is 12.2 Å². The van der Waals surface area contributed by atoms with E-state index in [0.29, 0.717) is 0 Å². The third-order valence-electron chi connectivity index (χ3n) is 3.06. The number of hydrogen-bond acceptors (Lipinski definition) is 3. The van der Waals surface area contributed by atoms with Crippen molar-refractivity contribution in [2.75, 3.05) is 39.3 Å². The van der Waals surface area contributed by atoms with Crippen LogP contribution in [0.1, 0.15) is 34.1 Å². The van der Waals surface area contributed by atoms with Gasteiger partial charge in [-0.1, -0.05) is 6.92 Å². The van der Waals surface area contributed by atoms with Crippen LogP contribution < -0.4 is 5.32 Å². The first kappa shape index (κ1) is 13.9. The molecule has 1 aliphatic heterocycles. The van der Waals surface area contributed by atoms with Crippen molar-refractivity contribution in [3.05, 3.63) is 0 Å². The highest BCUT2D eigenvalue weighted by molar-refractivity contribution is 4.76. The fourth-order valence-electron chi connectivity index (χ4n) is 2.10. The first-order valence-corrected chi connectivity index (χ1v) is 6.58. The molecule has 0 radical (unpaired) electrons. The van der Waals surface area contributed by atoms with Crippen molar-refractivity contribution >= 4 is 0 Å². The summed E-state index contributed by atoms with van der Waals surface area (Å²) in [7, 11) is 0. The van der Waals surface area contributed by atoms with Crippen LogP contribution >= 0.6 is 0 Å². The molecule has 96 valence electrons. The molecule has 3 nitrogen and oxygen atoms in total. The molecule has 1 aliphatic rings. The SMILES string of the molecule is CCN1CCC(CNCCOC(C)(C)C)C1. The predicted octanol–water partition coefficient (Wildman–Crippen LogP) is 1.73. The van der Waals surface area contributed by atoms with Gasteiger partial charge in [-0.05, 0) is 52.7 Å². The van der Waals surface area contributed by atoms with E-state index in [4.69, 9.17) is 4.74 Å². The van der Waals surface area contributed by atoms with E-state index in [-0.39, 0.29) is 5.60 Å². The zero-order valence-corrected chi connectivity index (χ0v) is 11.4. The molecule has 3 heteroatoms. The second-order valence-corrected chi connectivity index (χ2v) is 5.71. The van der Waals surface area contributed by atoms with Gasteiger partial charge >= 0.3 is 0 Å². The minimum atomic E-state index is -0.00590. The molecule has 1 fully saturated rings. The Morgan fingerprint density at radius 1 is 1.38 bits per heavy atom. The zero-order chi connectivity index (χ0) is 12.0. The van der Waals surface area contributed by atoms with Crippen molar-refractivity contribution < 1.29 is 4.74 Å². The lowest BCUT2D eigenvalue weighted by Gasteiger charge is -2.20. The summed E-state index contributed by atoms with van der Waals surface area (Å²) in [6.45, 7) is 15.2. The van der Waals surface area contributed by atoms with Gasteiger partial charge in [0.2, 0.25) is 0 Å². The quantitative estimate of drug-likeness (QED) is 0.701. The van der Waals surface area contributed by atoms with E-state index in [0.717, 1.165) is 25.6 Å². The maximum Gasteiger partial charge on any atom is 0.0599 e. The maximum atomic E-state index is 5.66. The lowest BCUT2D eigenvalue weighted by atomic mass is 10.1. The monoisotopic (exact) mass is 228 g/mol. The molecule has 16 heavy (non-hydrogen) atoms. The van der Waals surface area contributed by atoms with Crippen LogP contribution in [0.4, 0.5) is 0 Å². The number of nitrogens with zero attached hydrogens (tertiary/aromatic N) is 1. The van der Waals surface area contributed by atoms with Crippen LogP contribution in [0.2, 0.25) is 0 Å². The zero-order valence-electron chi connectivity index (χ0n) is 11.4. The van der Waals surface area contributed by atoms with Gasteiger partial charge in [-0.3, -0.25) is 0 Å². The molecule has 0 aromatic carbocycles. The minimum absolute atomic E-state index is 0.00590. The Hall–Kier alpha value is -0.120. The lowest BCUT2D eigenvalue weighted by molar-refractivity contribution is -0.000979. The van der Waals surface area contributed by atoms with Gasteiger partial charge in [-0.25, -0.2) is 0 Å². The molecule has 0 aromatic rings. The van der Waals surface area contributed by atoms with Crippen LogP contribution in [0.15, 0.2) is 0 Å². The molecule has 1 saturated heterocycles. The summed E-state index contributed by atoms with van der Waals surface area (Å²) in [4.78, 5) is 2.53. The molecule has 1 atom stereocenters. The summed E-state index contributed by atoms with van der Waals surface area (Å²) in [6.07, 6.45) is 1.35. The Balaban J connectivity index is 1.96. The third kappa shape index (κ3) is 5.83. The second-order valence-electron chi connectivity index (χ2n) is 5.71. The van der Waals surface area contributed by atoms with Crippen LogP contribution in [0.25, 0.3) is 0 Å². The van der Waals surface area contributed by atoms with Crippen molar-refractivity contribution in [2.24, 2.45) is 5.92 Å². The van der Waals surface area contributed by atoms with Crippen molar-refractivity contribution in [1.82, 2.24) is 10.2 Å². The lowest BCUT2D eigenvalue weighted by Crippen LogP contribution is -2.31. The molecule has 1 N–H and O–H groups in total. The summed E-state index contributed by atoms with van der Waals surface area (Å²) >= 11 is 0. The van der Waals surface area contributed by atoms with Crippen LogP contribution in [0.3, 0.4) is 0 Å². The third-order valence-corrected chi connectivity index (χ3v) is 3.06. The average Bonchev–Trinajstić information content (AvgIpc) is 2.63. The standard InChI is InChI=1S/C13H28N2O/c1-5-15-8-6-12(11-15)10-14-7-9-16-13(2,3)4/h12,14H,5-11H2,1-4H3. The summed E-state index contributed by atoms with van der Waals surface area (Å²) in [6, 6.07) is 0.